The van der Waals surface area contributed by atoms with Crippen LogP contribution in [-0.2, 0) is 24.1 Å². The summed E-state index contributed by atoms with van der Waals surface area (Å²) in [5.41, 5.74) is 4.23. The molecule has 0 unspecified atom stereocenters. The molecule has 0 saturated carbocycles. The summed E-state index contributed by atoms with van der Waals surface area (Å²) in [7, 11) is 0. The summed E-state index contributed by atoms with van der Waals surface area (Å²) in [6.07, 6.45) is 3.45. The Morgan fingerprint density at radius 2 is 2.27 bits per heavy atom. The summed E-state index contributed by atoms with van der Waals surface area (Å²) >= 11 is 3.46. The Hall–Kier alpha value is -1.72. The maximum absolute atomic E-state index is 11.3. The average Bonchev–Trinajstić information content (AvgIpc) is 3.15. The average molecular weight is 329 g/mol. The number of nitrogens with zero attached hydrogens (tertiary/aromatic N) is 1. The van der Waals surface area contributed by atoms with Crippen LogP contribution in [0.2, 0.25) is 0 Å². The lowest BCUT2D eigenvalue weighted by Crippen LogP contribution is -2.06. The highest BCUT2D eigenvalue weighted by molar-refractivity contribution is 7.19. The minimum Gasteiger partial charge on any atom is -0.481 e. The van der Waals surface area contributed by atoms with Gasteiger partial charge in [0.05, 0.1) is 6.42 Å². The van der Waals surface area contributed by atoms with Gasteiger partial charge in [-0.25, -0.2) is 4.98 Å². The molecule has 3 heterocycles. The van der Waals surface area contributed by atoms with E-state index in [1.54, 1.807) is 22.7 Å². The minimum atomic E-state index is -0.797. The van der Waals surface area contributed by atoms with E-state index in [1.807, 2.05) is 18.4 Å². The fraction of sp³-hybridized carbons (Fsp3) is 0.294. The Labute approximate surface area is 136 Å². The highest BCUT2D eigenvalue weighted by Crippen LogP contribution is 2.44. The molecule has 0 fully saturated rings. The third-order valence-corrected chi connectivity index (χ3v) is 6.33. The fourth-order valence-corrected chi connectivity index (χ4v) is 5.46. The first-order chi connectivity index (χ1) is 10.6. The molecule has 0 saturated heterocycles. The van der Waals surface area contributed by atoms with Crippen molar-refractivity contribution in [1.29, 1.82) is 0 Å². The Kier molecular flexibility index (Phi) is 3.27. The van der Waals surface area contributed by atoms with Crippen molar-refractivity contribution in [1.82, 2.24) is 4.98 Å². The van der Waals surface area contributed by atoms with Crippen molar-refractivity contribution < 1.29 is 9.90 Å². The van der Waals surface area contributed by atoms with E-state index in [2.05, 4.69) is 6.07 Å². The van der Waals surface area contributed by atoms with E-state index in [4.69, 9.17) is 4.98 Å². The molecule has 22 heavy (non-hydrogen) atoms. The molecule has 0 aliphatic heterocycles. The van der Waals surface area contributed by atoms with Crippen molar-refractivity contribution in [3.63, 3.8) is 0 Å². The standard InChI is InChI=1S/C17H15NO2S2/c1-9-11(8-14(19)20)15(13-6-3-7-21-13)16-10-4-2-5-12(10)22-17(16)18-9/h3,6-7H,2,4-5,8H2,1H3,(H,19,20). The number of aliphatic carboxylic acids is 1. The van der Waals surface area contributed by atoms with Gasteiger partial charge >= 0.3 is 5.97 Å². The van der Waals surface area contributed by atoms with Gasteiger partial charge in [0.2, 0.25) is 0 Å². The molecule has 1 aliphatic carbocycles. The molecule has 3 aromatic rings. The number of fused-ring (bicyclic) bond motifs is 3. The topological polar surface area (TPSA) is 50.2 Å². The Balaban J connectivity index is 2.11. The number of aromatic nitrogens is 1. The van der Waals surface area contributed by atoms with E-state index in [9.17, 15) is 9.90 Å². The Morgan fingerprint density at radius 1 is 1.41 bits per heavy atom. The van der Waals surface area contributed by atoms with Crippen molar-refractivity contribution in [3.05, 3.63) is 39.2 Å². The van der Waals surface area contributed by atoms with Crippen molar-refractivity contribution in [3.8, 4) is 10.4 Å². The lowest BCUT2D eigenvalue weighted by molar-refractivity contribution is -0.136. The molecule has 0 spiro atoms. The third kappa shape index (κ3) is 2.08. The van der Waals surface area contributed by atoms with Crippen LogP contribution in [-0.4, -0.2) is 16.1 Å². The summed E-state index contributed by atoms with van der Waals surface area (Å²) in [6.45, 7) is 1.93. The summed E-state index contributed by atoms with van der Waals surface area (Å²) < 4.78 is 0. The molecule has 1 aliphatic rings. The van der Waals surface area contributed by atoms with Crippen LogP contribution in [0.4, 0.5) is 0 Å². The zero-order valence-corrected chi connectivity index (χ0v) is 13.8. The Bertz CT molecular complexity index is 878. The quantitative estimate of drug-likeness (QED) is 0.772. The lowest BCUT2D eigenvalue weighted by atomic mass is 9.96. The fourth-order valence-electron chi connectivity index (χ4n) is 3.34. The van der Waals surface area contributed by atoms with E-state index in [1.165, 1.54) is 22.2 Å². The summed E-state index contributed by atoms with van der Waals surface area (Å²) in [4.78, 5) is 19.7. The van der Waals surface area contributed by atoms with Crippen molar-refractivity contribution in [2.45, 2.75) is 32.6 Å². The van der Waals surface area contributed by atoms with E-state index < -0.39 is 5.97 Å². The molecule has 3 aromatic heterocycles. The highest BCUT2D eigenvalue weighted by atomic mass is 32.1. The first-order valence-electron chi connectivity index (χ1n) is 7.34. The molecule has 112 valence electrons. The number of carboxylic acid groups (broad SMARTS) is 1. The normalized spacial score (nSPS) is 13.7. The number of carbonyl (C=O) groups is 1. The van der Waals surface area contributed by atoms with Gasteiger partial charge in [-0.05, 0) is 48.8 Å². The summed E-state index contributed by atoms with van der Waals surface area (Å²) in [6, 6.07) is 4.11. The van der Waals surface area contributed by atoms with Crippen LogP contribution in [0.1, 0.15) is 28.1 Å². The van der Waals surface area contributed by atoms with E-state index in [0.717, 1.165) is 39.4 Å². The van der Waals surface area contributed by atoms with Gasteiger partial charge in [-0.2, -0.15) is 0 Å². The number of hydrogen-bond donors (Lipinski definition) is 1. The number of carboxylic acids is 1. The zero-order chi connectivity index (χ0) is 15.3. The highest BCUT2D eigenvalue weighted by Gasteiger charge is 2.25. The smallest absolute Gasteiger partial charge is 0.307 e. The zero-order valence-electron chi connectivity index (χ0n) is 12.2. The van der Waals surface area contributed by atoms with Crippen LogP contribution in [0.25, 0.3) is 20.7 Å². The maximum Gasteiger partial charge on any atom is 0.307 e. The second kappa shape index (κ2) is 5.18. The molecule has 0 aromatic carbocycles. The van der Waals surface area contributed by atoms with E-state index in [0.29, 0.717) is 0 Å². The predicted octanol–water partition coefficient (Wildman–Crippen LogP) is 4.45. The molecule has 3 nitrogen and oxygen atoms in total. The first kappa shape index (κ1) is 13.9. The van der Waals surface area contributed by atoms with E-state index >= 15 is 0 Å². The molecule has 0 amide bonds. The van der Waals surface area contributed by atoms with Crippen LogP contribution >= 0.6 is 22.7 Å². The van der Waals surface area contributed by atoms with Gasteiger partial charge in [0, 0.05) is 26.4 Å². The molecule has 5 heteroatoms. The van der Waals surface area contributed by atoms with Gasteiger partial charge < -0.3 is 5.11 Å². The predicted molar refractivity (Wildman–Crippen MR) is 91.0 cm³/mol. The number of hydrogen-bond acceptors (Lipinski definition) is 4. The lowest BCUT2D eigenvalue weighted by Gasteiger charge is -2.12. The number of thiophene rings is 2. The monoisotopic (exact) mass is 329 g/mol. The first-order valence-corrected chi connectivity index (χ1v) is 9.04. The summed E-state index contributed by atoms with van der Waals surface area (Å²) in [5.74, 6) is -0.797. The van der Waals surface area contributed by atoms with Gasteiger partial charge in [0.1, 0.15) is 4.83 Å². The second-order valence-electron chi connectivity index (χ2n) is 5.64. The Morgan fingerprint density at radius 3 is 3.00 bits per heavy atom. The molecule has 4 rings (SSSR count). The van der Waals surface area contributed by atoms with Crippen LogP contribution in [0.15, 0.2) is 17.5 Å². The van der Waals surface area contributed by atoms with Gasteiger partial charge in [-0.1, -0.05) is 6.07 Å². The SMILES string of the molecule is Cc1nc2sc3c(c2c(-c2cccs2)c1CC(=O)O)CCC3. The van der Waals surface area contributed by atoms with Crippen molar-refractivity contribution >= 4 is 38.9 Å². The molecular weight excluding hydrogens is 314 g/mol. The number of pyridine rings is 1. The van der Waals surface area contributed by atoms with E-state index in [-0.39, 0.29) is 6.42 Å². The molecular formula is C17H15NO2S2. The molecule has 1 N–H and O–H groups in total. The largest absolute Gasteiger partial charge is 0.481 e. The molecule has 0 bridgehead atoms. The third-order valence-electron chi connectivity index (χ3n) is 4.26. The minimum absolute atomic E-state index is 0.0344. The van der Waals surface area contributed by atoms with Gasteiger partial charge in [0.15, 0.2) is 0 Å². The van der Waals surface area contributed by atoms with Crippen LogP contribution in [0, 0.1) is 6.92 Å². The van der Waals surface area contributed by atoms with Crippen LogP contribution in [0.3, 0.4) is 0 Å². The van der Waals surface area contributed by atoms with Crippen LogP contribution < -0.4 is 0 Å². The van der Waals surface area contributed by atoms with Crippen LogP contribution in [0.5, 0.6) is 0 Å². The summed E-state index contributed by atoms with van der Waals surface area (Å²) in [5, 5.41) is 12.6. The van der Waals surface area contributed by atoms with Gasteiger partial charge in [-0.3, -0.25) is 4.79 Å². The molecule has 0 radical (unpaired) electrons. The van der Waals surface area contributed by atoms with Crippen molar-refractivity contribution in [2.75, 3.05) is 0 Å². The maximum atomic E-state index is 11.3. The number of rotatable bonds is 3. The van der Waals surface area contributed by atoms with Crippen molar-refractivity contribution in [2.24, 2.45) is 0 Å². The number of aryl methyl sites for hydroxylation is 3. The second-order valence-corrected chi connectivity index (χ2v) is 7.67. The van der Waals surface area contributed by atoms with Gasteiger partial charge in [0.25, 0.3) is 0 Å². The molecule has 0 atom stereocenters. The van der Waals surface area contributed by atoms with Gasteiger partial charge in [-0.15, -0.1) is 22.7 Å².